The van der Waals surface area contributed by atoms with Crippen LogP contribution in [0, 0.1) is 12.8 Å². The van der Waals surface area contributed by atoms with Gasteiger partial charge in [0.05, 0.1) is 7.11 Å². The van der Waals surface area contributed by atoms with Crippen LogP contribution >= 0.6 is 24.0 Å². The van der Waals surface area contributed by atoms with Crippen molar-refractivity contribution in [2.45, 2.75) is 51.6 Å². The third-order valence-electron chi connectivity index (χ3n) is 5.58. The van der Waals surface area contributed by atoms with Crippen LogP contribution in [0.3, 0.4) is 0 Å². The Morgan fingerprint density at radius 1 is 1.25 bits per heavy atom. The minimum absolute atomic E-state index is 0. The Morgan fingerprint density at radius 2 is 2.00 bits per heavy atom. The number of aryl methyl sites for hydroxylation is 1. The molecule has 1 unspecified atom stereocenters. The number of ether oxygens (including phenoxy) is 1. The van der Waals surface area contributed by atoms with Crippen molar-refractivity contribution in [3.8, 4) is 5.75 Å². The van der Waals surface area contributed by atoms with Gasteiger partial charge in [0.2, 0.25) is 5.91 Å². The lowest BCUT2D eigenvalue weighted by Gasteiger charge is -2.21. The Balaban J connectivity index is 0.00000280. The summed E-state index contributed by atoms with van der Waals surface area (Å²) in [6.07, 6.45) is 5.50. The maximum atomic E-state index is 12.6. The molecule has 1 aliphatic heterocycles. The summed E-state index contributed by atoms with van der Waals surface area (Å²) < 4.78 is 5.34. The second kappa shape index (κ2) is 10.9. The summed E-state index contributed by atoms with van der Waals surface area (Å²) in [5.74, 6) is 2.26. The number of hydrogen-bond donors (Lipinski definition) is 2. The van der Waals surface area contributed by atoms with Gasteiger partial charge in [0.1, 0.15) is 5.75 Å². The molecule has 1 atom stereocenters. The number of hydrogen-bond acceptors (Lipinski definition) is 3. The van der Waals surface area contributed by atoms with Crippen LogP contribution in [0.2, 0.25) is 0 Å². The first kappa shape index (κ1) is 22.8. The number of amides is 1. The zero-order valence-electron chi connectivity index (χ0n) is 17.2. The van der Waals surface area contributed by atoms with Crippen molar-refractivity contribution in [1.82, 2.24) is 15.5 Å². The number of carbonyl (C=O) groups excluding carboxylic acids is 1. The molecule has 6 nitrogen and oxygen atoms in total. The molecule has 0 bridgehead atoms. The Bertz CT molecular complexity index is 689. The molecule has 28 heavy (non-hydrogen) atoms. The van der Waals surface area contributed by atoms with Gasteiger partial charge in [-0.2, -0.15) is 0 Å². The van der Waals surface area contributed by atoms with E-state index in [1.807, 2.05) is 17.0 Å². The van der Waals surface area contributed by atoms with E-state index >= 15 is 0 Å². The van der Waals surface area contributed by atoms with Gasteiger partial charge in [0.25, 0.3) is 0 Å². The highest BCUT2D eigenvalue weighted by atomic mass is 127. The van der Waals surface area contributed by atoms with E-state index in [1.165, 1.54) is 18.4 Å². The third-order valence-corrected chi connectivity index (χ3v) is 5.58. The summed E-state index contributed by atoms with van der Waals surface area (Å²) >= 11 is 0. The third kappa shape index (κ3) is 5.99. The average Bonchev–Trinajstić information content (AvgIpc) is 3.36. The number of nitrogens with one attached hydrogen (secondary N) is 2. The van der Waals surface area contributed by atoms with E-state index in [9.17, 15) is 4.79 Å². The predicted octanol–water partition coefficient (Wildman–Crippen LogP) is 3.08. The van der Waals surface area contributed by atoms with E-state index in [4.69, 9.17) is 4.74 Å². The number of nitrogens with zero attached hydrogens (tertiary/aromatic N) is 2. The van der Waals surface area contributed by atoms with E-state index < -0.39 is 0 Å². The first-order chi connectivity index (χ1) is 13.1. The summed E-state index contributed by atoms with van der Waals surface area (Å²) in [6.45, 7) is 4.36. The normalized spacial score (nSPS) is 20.0. The van der Waals surface area contributed by atoms with Gasteiger partial charge in [-0.15, -0.1) is 24.0 Å². The van der Waals surface area contributed by atoms with Gasteiger partial charge in [-0.05, 0) is 49.4 Å². The smallest absolute Gasteiger partial charge is 0.225 e. The van der Waals surface area contributed by atoms with Crippen molar-refractivity contribution in [1.29, 1.82) is 0 Å². The van der Waals surface area contributed by atoms with Gasteiger partial charge in [-0.3, -0.25) is 9.79 Å². The summed E-state index contributed by atoms with van der Waals surface area (Å²) in [5, 5.41) is 6.84. The SMILES string of the molecule is CN=C(NCc1cc(C)cc(OC)c1)NC1CCN(C(=O)C2CCCC2)C1.I. The fourth-order valence-electron chi connectivity index (χ4n) is 4.13. The van der Waals surface area contributed by atoms with Crippen molar-refractivity contribution in [2.75, 3.05) is 27.2 Å². The minimum atomic E-state index is 0. The largest absolute Gasteiger partial charge is 0.497 e. The number of carbonyl (C=O) groups is 1. The van der Waals surface area contributed by atoms with Gasteiger partial charge in [0.15, 0.2) is 5.96 Å². The van der Waals surface area contributed by atoms with Crippen LogP contribution in [0.15, 0.2) is 23.2 Å². The molecule has 2 fully saturated rings. The number of guanidine groups is 1. The molecule has 1 heterocycles. The molecular weight excluding hydrogens is 467 g/mol. The zero-order valence-corrected chi connectivity index (χ0v) is 19.5. The fraction of sp³-hybridized carbons (Fsp3) is 0.619. The molecule has 0 radical (unpaired) electrons. The monoisotopic (exact) mass is 500 g/mol. The van der Waals surface area contributed by atoms with Crippen LogP contribution in [0.25, 0.3) is 0 Å². The topological polar surface area (TPSA) is 66.0 Å². The van der Waals surface area contributed by atoms with Crippen LogP contribution in [0.1, 0.15) is 43.2 Å². The molecule has 1 aromatic carbocycles. The minimum Gasteiger partial charge on any atom is -0.497 e. The maximum Gasteiger partial charge on any atom is 0.225 e. The highest BCUT2D eigenvalue weighted by Gasteiger charge is 2.32. The highest BCUT2D eigenvalue weighted by Crippen LogP contribution is 2.27. The molecular formula is C21H33IN4O2. The summed E-state index contributed by atoms with van der Waals surface area (Å²) in [6, 6.07) is 6.45. The molecule has 3 rings (SSSR count). The van der Waals surface area contributed by atoms with Gasteiger partial charge >= 0.3 is 0 Å². The van der Waals surface area contributed by atoms with Crippen molar-refractivity contribution >= 4 is 35.8 Å². The van der Waals surface area contributed by atoms with E-state index in [-0.39, 0.29) is 35.9 Å². The average molecular weight is 500 g/mol. The van der Waals surface area contributed by atoms with Crippen molar-refractivity contribution in [3.05, 3.63) is 29.3 Å². The van der Waals surface area contributed by atoms with Crippen LogP contribution in [-0.2, 0) is 11.3 Å². The fourth-order valence-corrected chi connectivity index (χ4v) is 4.13. The number of halogens is 1. The quantitative estimate of drug-likeness (QED) is 0.371. The Labute approximate surface area is 185 Å². The second-order valence-electron chi connectivity index (χ2n) is 7.68. The predicted molar refractivity (Wildman–Crippen MR) is 123 cm³/mol. The van der Waals surface area contributed by atoms with E-state index in [2.05, 4.69) is 28.6 Å². The molecule has 0 spiro atoms. The summed E-state index contributed by atoms with van der Waals surface area (Å²) in [7, 11) is 3.47. The standard InChI is InChI=1S/C21H32N4O2.HI/c1-15-10-16(12-19(11-15)27-3)13-23-21(22-2)24-18-8-9-25(14-18)20(26)17-6-4-5-7-17;/h10-12,17-18H,4-9,13-14H2,1-3H3,(H2,22,23,24);1H. The zero-order chi connectivity index (χ0) is 19.2. The lowest BCUT2D eigenvalue weighted by Crippen LogP contribution is -2.45. The molecule has 156 valence electrons. The van der Waals surface area contributed by atoms with Gasteiger partial charge in [-0.25, -0.2) is 0 Å². The first-order valence-corrected chi connectivity index (χ1v) is 9.99. The summed E-state index contributed by atoms with van der Waals surface area (Å²) in [4.78, 5) is 19.0. The van der Waals surface area contributed by atoms with Crippen molar-refractivity contribution < 1.29 is 9.53 Å². The molecule has 1 aromatic rings. The van der Waals surface area contributed by atoms with Crippen LogP contribution in [0.4, 0.5) is 0 Å². The molecule has 2 N–H and O–H groups in total. The Hall–Kier alpha value is -1.51. The van der Waals surface area contributed by atoms with Crippen LogP contribution in [0.5, 0.6) is 5.75 Å². The Kier molecular flexibility index (Phi) is 8.85. The molecule has 1 saturated heterocycles. The summed E-state index contributed by atoms with van der Waals surface area (Å²) in [5.41, 5.74) is 2.32. The lowest BCUT2D eigenvalue weighted by atomic mass is 10.1. The number of methoxy groups -OCH3 is 1. The second-order valence-corrected chi connectivity index (χ2v) is 7.68. The van der Waals surface area contributed by atoms with Crippen LogP contribution in [-0.4, -0.2) is 50.1 Å². The van der Waals surface area contributed by atoms with Gasteiger partial charge in [0, 0.05) is 38.6 Å². The molecule has 0 aromatic heterocycles. The van der Waals surface area contributed by atoms with E-state index in [0.29, 0.717) is 12.5 Å². The van der Waals surface area contributed by atoms with E-state index in [0.717, 1.165) is 49.6 Å². The first-order valence-electron chi connectivity index (χ1n) is 9.99. The molecule has 2 aliphatic rings. The molecule has 1 amide bonds. The number of aliphatic imine (C=N–C) groups is 1. The van der Waals surface area contributed by atoms with Crippen LogP contribution < -0.4 is 15.4 Å². The lowest BCUT2D eigenvalue weighted by molar-refractivity contribution is -0.134. The molecule has 1 saturated carbocycles. The number of likely N-dealkylation sites (tertiary alicyclic amines) is 1. The Morgan fingerprint density at radius 3 is 2.68 bits per heavy atom. The maximum absolute atomic E-state index is 12.6. The highest BCUT2D eigenvalue weighted by molar-refractivity contribution is 14.0. The number of benzene rings is 1. The van der Waals surface area contributed by atoms with Crippen molar-refractivity contribution in [3.63, 3.8) is 0 Å². The van der Waals surface area contributed by atoms with E-state index in [1.54, 1.807) is 14.2 Å². The molecule has 1 aliphatic carbocycles. The van der Waals surface area contributed by atoms with Gasteiger partial charge < -0.3 is 20.3 Å². The van der Waals surface area contributed by atoms with Gasteiger partial charge in [-0.1, -0.05) is 18.9 Å². The number of rotatable bonds is 5. The van der Waals surface area contributed by atoms with Crippen molar-refractivity contribution in [2.24, 2.45) is 10.9 Å². The molecule has 7 heteroatoms.